The minimum absolute atomic E-state index is 0.201. The van der Waals surface area contributed by atoms with Crippen LogP contribution in [0.1, 0.15) is 24.9 Å². The van der Waals surface area contributed by atoms with Crippen molar-refractivity contribution in [1.82, 2.24) is 30.0 Å². The molecule has 2 aromatic rings. The molecule has 0 amide bonds. The Morgan fingerprint density at radius 3 is 3.31 bits per heavy atom. The van der Waals surface area contributed by atoms with Crippen molar-refractivity contribution in [3.8, 4) is 0 Å². The van der Waals surface area contributed by atoms with Crippen LogP contribution in [0.2, 0.25) is 0 Å². The van der Waals surface area contributed by atoms with Crippen molar-refractivity contribution in [2.24, 2.45) is 0 Å². The minimum Gasteiger partial charge on any atom is -0.353 e. The molecule has 3 heterocycles. The van der Waals surface area contributed by atoms with Crippen molar-refractivity contribution in [1.29, 1.82) is 0 Å². The molecule has 1 atom stereocenters. The summed E-state index contributed by atoms with van der Waals surface area (Å²) in [6.07, 6.45) is 4.93. The van der Waals surface area contributed by atoms with Gasteiger partial charge >= 0.3 is 0 Å². The van der Waals surface area contributed by atoms with Gasteiger partial charge in [0.25, 0.3) is 0 Å². The van der Waals surface area contributed by atoms with Crippen LogP contribution in [0, 0.1) is 0 Å². The van der Waals surface area contributed by atoms with Gasteiger partial charge in [0.05, 0.1) is 12.2 Å². The van der Waals surface area contributed by atoms with E-state index >= 15 is 0 Å². The molecule has 0 bridgehead atoms. The number of rotatable bonds is 2. The number of hydrogen-bond donors (Lipinski definition) is 1. The van der Waals surface area contributed by atoms with Gasteiger partial charge in [-0.2, -0.15) is 5.10 Å². The summed E-state index contributed by atoms with van der Waals surface area (Å²) in [7, 11) is 0. The predicted octanol–water partition coefficient (Wildman–Crippen LogP) is 0.294. The number of anilines is 1. The molecular weight excluding hydrogens is 206 g/mol. The van der Waals surface area contributed by atoms with E-state index in [9.17, 15) is 0 Å². The number of fused-ring (bicyclic) bond motifs is 1. The Morgan fingerprint density at radius 2 is 2.50 bits per heavy atom. The van der Waals surface area contributed by atoms with E-state index in [0.29, 0.717) is 0 Å². The van der Waals surface area contributed by atoms with Crippen LogP contribution in [-0.4, -0.2) is 36.5 Å². The summed E-state index contributed by atoms with van der Waals surface area (Å²) in [6.45, 7) is 3.84. The molecule has 0 radical (unpaired) electrons. The lowest BCUT2D eigenvalue weighted by Gasteiger charge is -2.22. The average Bonchev–Trinajstić information content (AvgIpc) is 2.97. The highest BCUT2D eigenvalue weighted by Gasteiger charge is 2.24. The highest BCUT2D eigenvalue weighted by Crippen LogP contribution is 2.26. The monoisotopic (exact) mass is 219 g/mol. The van der Waals surface area contributed by atoms with Gasteiger partial charge in [0, 0.05) is 24.8 Å². The summed E-state index contributed by atoms with van der Waals surface area (Å²) >= 11 is 0. The maximum atomic E-state index is 4.28. The highest BCUT2D eigenvalue weighted by molar-refractivity contribution is 5.28. The maximum absolute atomic E-state index is 4.28. The third kappa shape index (κ3) is 1.36. The molecule has 2 aromatic heterocycles. The van der Waals surface area contributed by atoms with E-state index in [0.717, 1.165) is 31.0 Å². The fourth-order valence-corrected chi connectivity index (χ4v) is 2.00. The van der Waals surface area contributed by atoms with Gasteiger partial charge in [0.1, 0.15) is 0 Å². The molecule has 0 saturated heterocycles. The first-order valence-electron chi connectivity index (χ1n) is 5.42. The van der Waals surface area contributed by atoms with Crippen LogP contribution in [0.3, 0.4) is 0 Å². The molecule has 84 valence electrons. The molecule has 1 aliphatic rings. The second-order valence-electron chi connectivity index (χ2n) is 3.81. The van der Waals surface area contributed by atoms with E-state index in [1.54, 1.807) is 0 Å². The topological polar surface area (TPSA) is 73.5 Å². The Hall–Kier alpha value is -1.92. The summed E-state index contributed by atoms with van der Waals surface area (Å²) in [6, 6.07) is 0.201. The molecular formula is C9H13N7. The van der Waals surface area contributed by atoms with Gasteiger partial charge in [-0.05, 0) is 23.8 Å². The zero-order valence-electron chi connectivity index (χ0n) is 9.04. The Balaban J connectivity index is 1.97. The van der Waals surface area contributed by atoms with Gasteiger partial charge in [-0.15, -0.1) is 0 Å². The van der Waals surface area contributed by atoms with Crippen LogP contribution in [0.25, 0.3) is 0 Å². The molecule has 0 fully saturated rings. The number of tetrazole rings is 1. The first-order valence-corrected chi connectivity index (χ1v) is 5.42. The van der Waals surface area contributed by atoms with Gasteiger partial charge in [-0.3, -0.25) is 4.68 Å². The molecule has 1 unspecified atom stereocenters. The average molecular weight is 219 g/mol. The van der Waals surface area contributed by atoms with Crippen molar-refractivity contribution in [3.63, 3.8) is 0 Å². The zero-order chi connectivity index (χ0) is 11.0. The third-order valence-corrected chi connectivity index (χ3v) is 2.85. The van der Waals surface area contributed by atoms with Crippen LogP contribution < -0.4 is 5.32 Å². The fourth-order valence-electron chi connectivity index (χ4n) is 2.00. The summed E-state index contributed by atoms with van der Waals surface area (Å²) in [4.78, 5) is 0. The highest BCUT2D eigenvalue weighted by atomic mass is 15.6. The Kier molecular flexibility index (Phi) is 2.09. The van der Waals surface area contributed by atoms with Crippen LogP contribution in [0.4, 0.5) is 5.95 Å². The molecule has 1 N–H and O–H groups in total. The molecule has 1 aliphatic heterocycles. The molecule has 3 rings (SSSR count). The number of aryl methyl sites for hydroxylation is 1. The summed E-state index contributed by atoms with van der Waals surface area (Å²) < 4.78 is 3.74. The van der Waals surface area contributed by atoms with Gasteiger partial charge in [0.15, 0.2) is 0 Å². The SMILES string of the molecule is CCn1cc(C2CCNc3nnnn32)cn1. The van der Waals surface area contributed by atoms with Crippen molar-refractivity contribution in [2.75, 3.05) is 11.9 Å². The summed E-state index contributed by atoms with van der Waals surface area (Å²) in [5.41, 5.74) is 1.16. The largest absolute Gasteiger partial charge is 0.353 e. The molecule has 0 aromatic carbocycles. The molecule has 16 heavy (non-hydrogen) atoms. The third-order valence-electron chi connectivity index (χ3n) is 2.85. The number of aromatic nitrogens is 6. The lowest BCUT2D eigenvalue weighted by molar-refractivity contribution is 0.468. The normalized spacial score (nSPS) is 19.2. The Bertz CT molecular complexity index is 486. The number of nitrogens with one attached hydrogen (secondary N) is 1. The van der Waals surface area contributed by atoms with E-state index < -0.39 is 0 Å². The first-order chi connectivity index (χ1) is 7.88. The van der Waals surface area contributed by atoms with Crippen LogP contribution in [0.15, 0.2) is 12.4 Å². The number of hydrogen-bond acceptors (Lipinski definition) is 5. The second-order valence-corrected chi connectivity index (χ2v) is 3.81. The van der Waals surface area contributed by atoms with E-state index in [1.807, 2.05) is 15.6 Å². The Morgan fingerprint density at radius 1 is 1.56 bits per heavy atom. The smallest absolute Gasteiger partial charge is 0.243 e. The van der Waals surface area contributed by atoms with Crippen molar-refractivity contribution in [3.05, 3.63) is 18.0 Å². The predicted molar refractivity (Wildman–Crippen MR) is 57.0 cm³/mol. The van der Waals surface area contributed by atoms with Gasteiger partial charge in [0.2, 0.25) is 5.95 Å². The van der Waals surface area contributed by atoms with E-state index in [4.69, 9.17) is 0 Å². The summed E-state index contributed by atoms with van der Waals surface area (Å²) in [5, 5.41) is 19.1. The van der Waals surface area contributed by atoms with E-state index in [1.165, 1.54) is 0 Å². The standard InChI is InChI=1S/C9H13N7/c1-2-15-6-7(5-11-15)8-3-4-10-9-12-13-14-16(8)9/h5-6,8H,2-4H2,1H3,(H,10,12,14). The molecule has 0 saturated carbocycles. The lowest BCUT2D eigenvalue weighted by atomic mass is 10.1. The van der Waals surface area contributed by atoms with E-state index in [2.05, 4.69) is 39.1 Å². The zero-order valence-corrected chi connectivity index (χ0v) is 9.04. The quantitative estimate of drug-likeness (QED) is 0.786. The number of nitrogens with zero attached hydrogens (tertiary/aromatic N) is 6. The lowest BCUT2D eigenvalue weighted by Crippen LogP contribution is -2.24. The van der Waals surface area contributed by atoms with E-state index in [-0.39, 0.29) is 6.04 Å². The molecule has 7 nitrogen and oxygen atoms in total. The van der Waals surface area contributed by atoms with Gasteiger partial charge in [-0.1, -0.05) is 5.10 Å². The first kappa shape index (κ1) is 9.32. The van der Waals surface area contributed by atoms with Gasteiger partial charge < -0.3 is 5.32 Å². The minimum atomic E-state index is 0.201. The van der Waals surface area contributed by atoms with Crippen LogP contribution in [-0.2, 0) is 6.54 Å². The second kappa shape index (κ2) is 3.58. The van der Waals surface area contributed by atoms with Crippen LogP contribution in [0.5, 0.6) is 0 Å². The van der Waals surface area contributed by atoms with Crippen molar-refractivity contribution < 1.29 is 0 Å². The van der Waals surface area contributed by atoms with Gasteiger partial charge in [-0.25, -0.2) is 4.68 Å². The maximum Gasteiger partial charge on any atom is 0.243 e. The van der Waals surface area contributed by atoms with Crippen molar-refractivity contribution >= 4 is 5.95 Å². The Labute approximate surface area is 92.4 Å². The fraction of sp³-hybridized carbons (Fsp3) is 0.556. The molecule has 0 aliphatic carbocycles. The van der Waals surface area contributed by atoms with Crippen LogP contribution >= 0.6 is 0 Å². The van der Waals surface area contributed by atoms with Crippen molar-refractivity contribution in [2.45, 2.75) is 25.9 Å². The molecule has 0 spiro atoms. The summed E-state index contributed by atoms with van der Waals surface area (Å²) in [5.74, 6) is 0.737. The molecule has 7 heteroatoms.